The Labute approximate surface area is 125 Å². The molecule has 0 aromatic heterocycles. The summed E-state index contributed by atoms with van der Waals surface area (Å²) in [6, 6.07) is 14.5. The Kier molecular flexibility index (Phi) is 5.05. The van der Waals surface area contributed by atoms with Crippen LogP contribution in [0, 0.1) is 0 Å². The van der Waals surface area contributed by atoms with Crippen LogP contribution in [0.4, 0.5) is 0 Å². The lowest BCUT2D eigenvalue weighted by molar-refractivity contribution is 0.414. The summed E-state index contributed by atoms with van der Waals surface area (Å²) in [5.74, 6) is 0.878. The standard InChI is InChI=1S/C17H20ClNO/c1-12(2)19-11-14-10-16(20-3)8-9-17(14)13-4-6-15(18)7-5-13/h4-10,12,19H,11H2,1-3H3. The smallest absolute Gasteiger partial charge is 0.119 e. The molecular weight excluding hydrogens is 270 g/mol. The second-order valence-corrected chi connectivity index (χ2v) is 5.50. The van der Waals surface area contributed by atoms with E-state index in [0.29, 0.717) is 6.04 Å². The van der Waals surface area contributed by atoms with Gasteiger partial charge in [-0.25, -0.2) is 0 Å². The van der Waals surface area contributed by atoms with E-state index >= 15 is 0 Å². The van der Waals surface area contributed by atoms with Gasteiger partial charge in [-0.2, -0.15) is 0 Å². The normalized spacial score (nSPS) is 10.8. The van der Waals surface area contributed by atoms with Crippen LogP contribution in [0.25, 0.3) is 11.1 Å². The van der Waals surface area contributed by atoms with E-state index in [0.717, 1.165) is 22.9 Å². The molecule has 0 saturated carbocycles. The molecule has 0 amide bonds. The number of nitrogens with one attached hydrogen (secondary N) is 1. The Morgan fingerprint density at radius 2 is 1.80 bits per heavy atom. The summed E-state index contributed by atoms with van der Waals surface area (Å²) in [5, 5.41) is 4.21. The first-order valence-corrected chi connectivity index (χ1v) is 7.14. The topological polar surface area (TPSA) is 21.3 Å². The fourth-order valence-electron chi connectivity index (χ4n) is 2.07. The first kappa shape index (κ1) is 14.9. The summed E-state index contributed by atoms with van der Waals surface area (Å²) in [6.45, 7) is 5.09. The van der Waals surface area contributed by atoms with Gasteiger partial charge in [-0.1, -0.05) is 43.6 Å². The van der Waals surface area contributed by atoms with Crippen LogP contribution in [0.3, 0.4) is 0 Å². The van der Waals surface area contributed by atoms with Crippen molar-refractivity contribution in [3.8, 4) is 16.9 Å². The fourth-order valence-corrected chi connectivity index (χ4v) is 2.19. The number of methoxy groups -OCH3 is 1. The van der Waals surface area contributed by atoms with Crippen LogP contribution in [-0.4, -0.2) is 13.2 Å². The van der Waals surface area contributed by atoms with Gasteiger partial charge in [0.2, 0.25) is 0 Å². The highest BCUT2D eigenvalue weighted by Crippen LogP contribution is 2.28. The van der Waals surface area contributed by atoms with Gasteiger partial charge in [-0.15, -0.1) is 0 Å². The zero-order valence-corrected chi connectivity index (χ0v) is 12.9. The quantitative estimate of drug-likeness (QED) is 0.874. The molecule has 2 nitrogen and oxygen atoms in total. The molecule has 20 heavy (non-hydrogen) atoms. The van der Waals surface area contributed by atoms with Crippen molar-refractivity contribution in [2.75, 3.05) is 7.11 Å². The molecule has 0 unspecified atom stereocenters. The average Bonchev–Trinajstić information content (AvgIpc) is 2.45. The second-order valence-electron chi connectivity index (χ2n) is 5.07. The van der Waals surface area contributed by atoms with Crippen molar-refractivity contribution in [1.29, 1.82) is 0 Å². The molecule has 0 aliphatic rings. The Morgan fingerprint density at radius 1 is 1.10 bits per heavy atom. The molecule has 2 rings (SSSR count). The number of benzene rings is 2. The maximum atomic E-state index is 5.96. The van der Waals surface area contributed by atoms with Crippen LogP contribution in [0.5, 0.6) is 5.75 Å². The van der Waals surface area contributed by atoms with E-state index < -0.39 is 0 Å². The summed E-state index contributed by atoms with van der Waals surface area (Å²) in [7, 11) is 1.69. The van der Waals surface area contributed by atoms with Crippen molar-refractivity contribution >= 4 is 11.6 Å². The van der Waals surface area contributed by atoms with Gasteiger partial charge < -0.3 is 10.1 Å². The molecule has 2 aromatic carbocycles. The molecule has 0 aliphatic carbocycles. The van der Waals surface area contributed by atoms with Crippen molar-refractivity contribution < 1.29 is 4.74 Å². The highest BCUT2D eigenvalue weighted by atomic mass is 35.5. The minimum Gasteiger partial charge on any atom is -0.497 e. The molecule has 1 N–H and O–H groups in total. The predicted octanol–water partition coefficient (Wildman–Crippen LogP) is 4.51. The molecule has 3 heteroatoms. The lowest BCUT2D eigenvalue weighted by atomic mass is 9.99. The van der Waals surface area contributed by atoms with Crippen molar-refractivity contribution in [1.82, 2.24) is 5.32 Å². The third-order valence-corrected chi connectivity index (χ3v) is 3.42. The molecule has 0 bridgehead atoms. The van der Waals surface area contributed by atoms with Crippen LogP contribution in [0.2, 0.25) is 5.02 Å². The van der Waals surface area contributed by atoms with Gasteiger partial charge in [-0.05, 0) is 41.0 Å². The first-order valence-electron chi connectivity index (χ1n) is 6.76. The van der Waals surface area contributed by atoms with E-state index in [1.807, 2.05) is 30.3 Å². The van der Waals surface area contributed by atoms with Crippen molar-refractivity contribution in [3.05, 3.63) is 53.1 Å². The number of halogens is 1. The maximum Gasteiger partial charge on any atom is 0.119 e. The van der Waals surface area contributed by atoms with Gasteiger partial charge in [0.25, 0.3) is 0 Å². The van der Waals surface area contributed by atoms with Gasteiger partial charge in [0.1, 0.15) is 5.75 Å². The second kappa shape index (κ2) is 6.78. The Hall–Kier alpha value is -1.51. The van der Waals surface area contributed by atoms with Crippen molar-refractivity contribution in [3.63, 3.8) is 0 Å². The minimum absolute atomic E-state index is 0.444. The zero-order valence-electron chi connectivity index (χ0n) is 12.1. The molecule has 0 radical (unpaired) electrons. The summed E-state index contributed by atoms with van der Waals surface area (Å²) in [6.07, 6.45) is 0. The Morgan fingerprint density at radius 3 is 2.40 bits per heavy atom. The molecular formula is C17H20ClNO. The molecule has 0 saturated heterocycles. The lowest BCUT2D eigenvalue weighted by Gasteiger charge is -2.14. The molecule has 0 heterocycles. The van der Waals surface area contributed by atoms with Crippen LogP contribution in [0.15, 0.2) is 42.5 Å². The predicted molar refractivity (Wildman–Crippen MR) is 85.4 cm³/mol. The third-order valence-electron chi connectivity index (χ3n) is 3.17. The summed E-state index contributed by atoms with van der Waals surface area (Å²) >= 11 is 5.96. The molecule has 0 spiro atoms. The maximum absolute atomic E-state index is 5.96. The minimum atomic E-state index is 0.444. The molecule has 0 aliphatic heterocycles. The largest absolute Gasteiger partial charge is 0.497 e. The average molecular weight is 290 g/mol. The van der Waals surface area contributed by atoms with Gasteiger partial charge in [0, 0.05) is 17.6 Å². The van der Waals surface area contributed by atoms with Crippen LogP contribution in [-0.2, 0) is 6.54 Å². The first-order chi connectivity index (χ1) is 9.60. The molecule has 0 atom stereocenters. The van der Waals surface area contributed by atoms with E-state index in [2.05, 4.69) is 31.3 Å². The van der Waals surface area contributed by atoms with Crippen LogP contribution in [0.1, 0.15) is 19.4 Å². The van der Waals surface area contributed by atoms with E-state index in [-0.39, 0.29) is 0 Å². The van der Waals surface area contributed by atoms with Gasteiger partial charge >= 0.3 is 0 Å². The highest BCUT2D eigenvalue weighted by molar-refractivity contribution is 6.30. The SMILES string of the molecule is COc1ccc(-c2ccc(Cl)cc2)c(CNC(C)C)c1. The zero-order chi connectivity index (χ0) is 14.5. The highest BCUT2D eigenvalue weighted by Gasteiger charge is 2.07. The van der Waals surface area contributed by atoms with Gasteiger partial charge in [0.15, 0.2) is 0 Å². The Balaban J connectivity index is 2.37. The summed E-state index contributed by atoms with van der Waals surface area (Å²) in [5.41, 5.74) is 3.59. The monoisotopic (exact) mass is 289 g/mol. The third kappa shape index (κ3) is 3.75. The molecule has 0 fully saturated rings. The van der Waals surface area contributed by atoms with Crippen molar-refractivity contribution in [2.45, 2.75) is 26.4 Å². The Bertz CT molecular complexity index is 564. The summed E-state index contributed by atoms with van der Waals surface area (Å²) in [4.78, 5) is 0. The van der Waals surface area contributed by atoms with Gasteiger partial charge in [-0.3, -0.25) is 0 Å². The molecule has 2 aromatic rings. The van der Waals surface area contributed by atoms with E-state index in [9.17, 15) is 0 Å². The number of ether oxygens (including phenoxy) is 1. The fraction of sp³-hybridized carbons (Fsp3) is 0.294. The van der Waals surface area contributed by atoms with Gasteiger partial charge in [0.05, 0.1) is 7.11 Å². The van der Waals surface area contributed by atoms with Crippen molar-refractivity contribution in [2.24, 2.45) is 0 Å². The lowest BCUT2D eigenvalue weighted by Crippen LogP contribution is -2.22. The van der Waals surface area contributed by atoms with E-state index in [1.165, 1.54) is 11.1 Å². The number of rotatable bonds is 5. The number of hydrogen-bond acceptors (Lipinski definition) is 2. The molecule has 106 valence electrons. The van der Waals surface area contributed by atoms with E-state index in [1.54, 1.807) is 7.11 Å². The number of hydrogen-bond donors (Lipinski definition) is 1. The van der Waals surface area contributed by atoms with Crippen LogP contribution >= 0.6 is 11.6 Å². The van der Waals surface area contributed by atoms with E-state index in [4.69, 9.17) is 16.3 Å². The van der Waals surface area contributed by atoms with Crippen LogP contribution < -0.4 is 10.1 Å². The summed E-state index contributed by atoms with van der Waals surface area (Å²) < 4.78 is 5.32.